The molecule has 0 radical (unpaired) electrons. The van der Waals surface area contributed by atoms with E-state index in [2.05, 4.69) is 20.8 Å². The molecule has 12 heavy (non-hydrogen) atoms. The highest BCUT2D eigenvalue weighted by molar-refractivity contribution is 5.31. The van der Waals surface area contributed by atoms with Crippen LogP contribution >= 0.6 is 0 Å². The molecule has 0 N–H and O–H groups in total. The van der Waals surface area contributed by atoms with Crippen LogP contribution in [0.25, 0.3) is 0 Å². The van der Waals surface area contributed by atoms with Crippen LogP contribution in [0, 0.1) is 28.6 Å². The van der Waals surface area contributed by atoms with Crippen molar-refractivity contribution >= 4 is 0 Å². The molecule has 3 fully saturated rings. The number of hydrogen-bond donors (Lipinski definition) is 0. The fourth-order valence-electron chi connectivity index (χ4n) is 4.35. The number of rotatable bonds is 2. The van der Waals surface area contributed by atoms with Crippen LogP contribution in [0.2, 0.25) is 0 Å². The lowest BCUT2D eigenvalue weighted by Gasteiger charge is -2.18. The van der Waals surface area contributed by atoms with E-state index in [1.807, 2.05) is 0 Å². The Kier molecular flexibility index (Phi) is 1.09. The van der Waals surface area contributed by atoms with Gasteiger partial charge in [-0.15, -0.1) is 0 Å². The Bertz CT molecular complexity index is 228. The first kappa shape index (κ1) is 7.41. The van der Waals surface area contributed by atoms with Gasteiger partial charge in [-0.3, -0.25) is 0 Å². The van der Waals surface area contributed by atoms with Gasteiger partial charge in [-0.1, -0.05) is 20.8 Å². The van der Waals surface area contributed by atoms with Gasteiger partial charge < -0.3 is 0 Å². The predicted octanol–water partition coefficient (Wildman–Crippen LogP) is 3.47. The number of hydrogen-bond acceptors (Lipinski definition) is 0. The molecule has 68 valence electrons. The van der Waals surface area contributed by atoms with Gasteiger partial charge in [0.2, 0.25) is 0 Å². The summed E-state index contributed by atoms with van der Waals surface area (Å²) < 4.78 is 0. The summed E-state index contributed by atoms with van der Waals surface area (Å²) in [5.41, 5.74) is 1.75. The molecule has 3 saturated carbocycles. The lowest BCUT2D eigenvalue weighted by atomic mass is 9.88. The average molecular weight is 164 g/mol. The Morgan fingerprint density at radius 3 is 2.50 bits per heavy atom. The molecule has 0 nitrogen and oxygen atoms in total. The van der Waals surface area contributed by atoms with Gasteiger partial charge in [-0.2, -0.15) is 0 Å². The van der Waals surface area contributed by atoms with Gasteiger partial charge in [-0.05, 0) is 54.3 Å². The van der Waals surface area contributed by atoms with Crippen molar-refractivity contribution in [2.24, 2.45) is 28.6 Å². The van der Waals surface area contributed by atoms with E-state index in [1.54, 1.807) is 19.3 Å². The van der Waals surface area contributed by atoms with Crippen LogP contribution in [0.15, 0.2) is 0 Å². The summed E-state index contributed by atoms with van der Waals surface area (Å²) in [6, 6.07) is 0. The Labute approximate surface area is 75.7 Å². The van der Waals surface area contributed by atoms with E-state index in [0.717, 1.165) is 22.7 Å². The Balaban J connectivity index is 1.72. The molecule has 3 rings (SSSR count). The third-order valence-corrected chi connectivity index (χ3v) is 4.97. The van der Waals surface area contributed by atoms with Crippen LogP contribution in [0.3, 0.4) is 0 Å². The summed E-state index contributed by atoms with van der Waals surface area (Å²) >= 11 is 0. The van der Waals surface area contributed by atoms with Crippen LogP contribution < -0.4 is 0 Å². The molecule has 0 bridgehead atoms. The zero-order chi connectivity index (χ0) is 8.56. The van der Waals surface area contributed by atoms with Crippen molar-refractivity contribution in [3.05, 3.63) is 0 Å². The summed E-state index contributed by atoms with van der Waals surface area (Å²) in [6.07, 6.45) is 6.25. The Morgan fingerprint density at radius 2 is 2.08 bits per heavy atom. The molecule has 0 saturated heterocycles. The molecule has 0 aromatic rings. The summed E-state index contributed by atoms with van der Waals surface area (Å²) in [7, 11) is 0. The van der Waals surface area contributed by atoms with Crippen molar-refractivity contribution in [3.8, 4) is 0 Å². The topological polar surface area (TPSA) is 0 Å². The second kappa shape index (κ2) is 1.76. The van der Waals surface area contributed by atoms with Crippen LogP contribution in [-0.4, -0.2) is 0 Å². The van der Waals surface area contributed by atoms with Crippen molar-refractivity contribution in [1.82, 2.24) is 0 Å². The summed E-state index contributed by atoms with van der Waals surface area (Å²) in [5.74, 6) is 3.21. The van der Waals surface area contributed by atoms with E-state index in [0.29, 0.717) is 0 Å². The highest BCUT2D eigenvalue weighted by atomic mass is 14.9. The minimum Gasteiger partial charge on any atom is -0.0628 e. The van der Waals surface area contributed by atoms with E-state index in [4.69, 9.17) is 0 Å². The van der Waals surface area contributed by atoms with Crippen molar-refractivity contribution < 1.29 is 0 Å². The maximum atomic E-state index is 2.54. The molecule has 0 aromatic heterocycles. The highest BCUT2D eigenvalue weighted by Crippen LogP contribution is 2.90. The molecule has 4 unspecified atom stereocenters. The normalized spacial score (nSPS) is 60.0. The highest BCUT2D eigenvalue weighted by Gasteiger charge is 2.82. The van der Waals surface area contributed by atoms with Crippen molar-refractivity contribution in [2.45, 2.75) is 46.5 Å². The quantitative estimate of drug-likeness (QED) is 0.586. The van der Waals surface area contributed by atoms with Crippen LogP contribution in [0.4, 0.5) is 0 Å². The molecule has 1 spiro atoms. The van der Waals surface area contributed by atoms with E-state index < -0.39 is 0 Å². The molecule has 0 aliphatic heterocycles. The zero-order valence-electron chi connectivity index (χ0n) is 8.56. The van der Waals surface area contributed by atoms with Gasteiger partial charge in [0.25, 0.3) is 0 Å². The van der Waals surface area contributed by atoms with E-state index in [-0.39, 0.29) is 0 Å². The predicted molar refractivity (Wildman–Crippen MR) is 50.8 cm³/mol. The van der Waals surface area contributed by atoms with Crippen LogP contribution in [-0.2, 0) is 0 Å². The standard InChI is InChI=1S/C12H20/c1-8(2)4-9-5-11(3)7-12(11)6-10(9)12/h8-10H,4-7H2,1-3H3. The lowest BCUT2D eigenvalue weighted by Crippen LogP contribution is -2.07. The minimum absolute atomic E-state index is 0.831. The van der Waals surface area contributed by atoms with E-state index >= 15 is 0 Å². The molecule has 0 aromatic carbocycles. The van der Waals surface area contributed by atoms with Crippen molar-refractivity contribution in [2.75, 3.05) is 0 Å². The van der Waals surface area contributed by atoms with E-state index in [9.17, 15) is 0 Å². The average Bonchev–Trinajstić information content (AvgIpc) is 2.70. The summed E-state index contributed by atoms with van der Waals surface area (Å²) in [4.78, 5) is 0. The molecule has 3 aliphatic carbocycles. The third-order valence-electron chi connectivity index (χ3n) is 4.97. The van der Waals surface area contributed by atoms with Gasteiger partial charge in [0.15, 0.2) is 0 Å². The van der Waals surface area contributed by atoms with Gasteiger partial charge in [-0.25, -0.2) is 0 Å². The molecular weight excluding hydrogens is 144 g/mol. The molecule has 4 atom stereocenters. The van der Waals surface area contributed by atoms with Gasteiger partial charge in [0.05, 0.1) is 0 Å². The largest absolute Gasteiger partial charge is 0.0628 e. The molecule has 0 amide bonds. The van der Waals surface area contributed by atoms with Crippen molar-refractivity contribution in [1.29, 1.82) is 0 Å². The second-order valence-electron chi connectivity index (χ2n) is 6.30. The molecule has 3 aliphatic rings. The molecule has 0 heteroatoms. The molecule has 0 heterocycles. The van der Waals surface area contributed by atoms with E-state index in [1.165, 1.54) is 12.3 Å². The fourth-order valence-corrected chi connectivity index (χ4v) is 4.35. The molecular formula is C12H20. The Hall–Kier alpha value is 0. The first-order valence-electron chi connectivity index (χ1n) is 5.57. The fraction of sp³-hybridized carbons (Fsp3) is 1.00. The van der Waals surface area contributed by atoms with Crippen LogP contribution in [0.1, 0.15) is 46.5 Å². The monoisotopic (exact) mass is 164 g/mol. The third kappa shape index (κ3) is 0.661. The summed E-state index contributed by atoms with van der Waals surface area (Å²) in [5, 5.41) is 0. The summed E-state index contributed by atoms with van der Waals surface area (Å²) in [6.45, 7) is 7.29. The first-order chi connectivity index (χ1) is 5.57. The second-order valence-corrected chi connectivity index (χ2v) is 6.30. The minimum atomic E-state index is 0.831. The van der Waals surface area contributed by atoms with Crippen molar-refractivity contribution in [3.63, 3.8) is 0 Å². The Morgan fingerprint density at radius 1 is 1.33 bits per heavy atom. The first-order valence-corrected chi connectivity index (χ1v) is 5.57. The van der Waals surface area contributed by atoms with Gasteiger partial charge in [0.1, 0.15) is 0 Å². The SMILES string of the molecule is CC(C)CC1CC2(C)CC23CC13. The van der Waals surface area contributed by atoms with Gasteiger partial charge >= 0.3 is 0 Å². The maximum Gasteiger partial charge on any atom is -0.0204 e. The lowest BCUT2D eigenvalue weighted by molar-refractivity contribution is 0.328. The van der Waals surface area contributed by atoms with Crippen LogP contribution in [0.5, 0.6) is 0 Å². The maximum absolute atomic E-state index is 2.54. The zero-order valence-corrected chi connectivity index (χ0v) is 8.56. The van der Waals surface area contributed by atoms with Gasteiger partial charge in [0, 0.05) is 0 Å². The smallest absolute Gasteiger partial charge is 0.0204 e.